The number of rotatable bonds is 8. The first-order valence-electron chi connectivity index (χ1n) is 6.25. The molecule has 20 heavy (non-hydrogen) atoms. The number of alkyl halides is 1. The van der Waals surface area contributed by atoms with Crippen LogP contribution >= 0.6 is 22.6 Å². The predicted molar refractivity (Wildman–Crippen MR) is 86.1 cm³/mol. The van der Waals surface area contributed by atoms with Gasteiger partial charge in [-0.05, 0) is 18.9 Å². The Balaban J connectivity index is 2.73. The van der Waals surface area contributed by atoms with Gasteiger partial charge in [0.2, 0.25) is 10.0 Å². The summed E-state index contributed by atoms with van der Waals surface area (Å²) in [5.41, 5.74) is 0.678. The minimum atomic E-state index is -3.57. The number of esters is 1. The molecule has 0 amide bonds. The van der Waals surface area contributed by atoms with E-state index in [0.717, 1.165) is 0 Å². The average molecular weight is 411 g/mol. The van der Waals surface area contributed by atoms with Crippen molar-refractivity contribution in [3.63, 3.8) is 0 Å². The number of carbonyl (C=O) groups is 1. The van der Waals surface area contributed by atoms with Crippen molar-refractivity contribution >= 4 is 38.6 Å². The number of benzene rings is 1. The highest BCUT2D eigenvalue weighted by Gasteiger charge is 2.25. The van der Waals surface area contributed by atoms with Gasteiger partial charge in [-0.3, -0.25) is 4.79 Å². The summed E-state index contributed by atoms with van der Waals surface area (Å²) < 4.78 is 32.1. The van der Waals surface area contributed by atoms with Crippen molar-refractivity contribution in [1.29, 1.82) is 0 Å². The second kappa shape index (κ2) is 8.58. The third kappa shape index (κ3) is 6.19. The van der Waals surface area contributed by atoms with E-state index in [0.29, 0.717) is 16.4 Å². The summed E-state index contributed by atoms with van der Waals surface area (Å²) in [4.78, 5) is 11.7. The molecule has 1 rings (SSSR count). The minimum Gasteiger partial charge on any atom is -0.465 e. The van der Waals surface area contributed by atoms with Crippen LogP contribution in [-0.4, -0.2) is 31.5 Å². The van der Waals surface area contributed by atoms with Crippen LogP contribution in [0, 0.1) is 0 Å². The van der Waals surface area contributed by atoms with Crippen LogP contribution in [0.3, 0.4) is 0 Å². The number of nitrogens with one attached hydrogen (secondary N) is 1. The average Bonchev–Trinajstić information content (AvgIpc) is 2.39. The van der Waals surface area contributed by atoms with Gasteiger partial charge in [-0.2, -0.15) is 0 Å². The van der Waals surface area contributed by atoms with E-state index >= 15 is 0 Å². The zero-order valence-electron chi connectivity index (χ0n) is 11.2. The number of hydrogen-bond donors (Lipinski definition) is 1. The summed E-state index contributed by atoms with van der Waals surface area (Å²) in [6.07, 6.45) is 0.410. The minimum absolute atomic E-state index is 0.148. The smallest absolute Gasteiger partial charge is 0.324 e. The third-order valence-corrected chi connectivity index (χ3v) is 4.47. The van der Waals surface area contributed by atoms with Gasteiger partial charge in [0.05, 0.1) is 12.4 Å². The van der Waals surface area contributed by atoms with Crippen molar-refractivity contribution in [2.75, 3.05) is 11.0 Å². The van der Waals surface area contributed by atoms with Crippen LogP contribution < -0.4 is 4.72 Å². The van der Waals surface area contributed by atoms with Gasteiger partial charge in [0.15, 0.2) is 0 Å². The Kier molecular flexibility index (Phi) is 7.46. The van der Waals surface area contributed by atoms with Crippen molar-refractivity contribution in [3.05, 3.63) is 35.9 Å². The molecule has 1 aromatic carbocycles. The van der Waals surface area contributed by atoms with Crippen LogP contribution in [0.1, 0.15) is 18.9 Å². The molecular weight excluding hydrogens is 393 g/mol. The topological polar surface area (TPSA) is 72.5 Å². The Hall–Kier alpha value is -0.670. The molecule has 0 aliphatic heterocycles. The molecule has 1 N–H and O–H groups in total. The summed E-state index contributed by atoms with van der Waals surface area (Å²) >= 11 is 2.10. The lowest BCUT2D eigenvalue weighted by atomic mass is 10.2. The molecule has 0 unspecified atom stereocenters. The molecule has 0 heterocycles. The van der Waals surface area contributed by atoms with E-state index in [9.17, 15) is 13.2 Å². The Morgan fingerprint density at radius 3 is 2.55 bits per heavy atom. The van der Waals surface area contributed by atoms with Gasteiger partial charge in [-0.25, -0.2) is 13.1 Å². The first-order chi connectivity index (χ1) is 9.48. The molecule has 0 aliphatic rings. The SMILES string of the molecule is CCOC(=O)[C@H](CCI)NS(=O)(=O)Cc1ccccc1. The maximum Gasteiger partial charge on any atom is 0.324 e. The maximum atomic E-state index is 12.1. The van der Waals surface area contributed by atoms with Crippen molar-refractivity contribution in [2.45, 2.75) is 25.1 Å². The zero-order valence-corrected chi connectivity index (χ0v) is 14.2. The summed E-state index contributed by atoms with van der Waals surface area (Å²) in [7, 11) is -3.57. The standard InChI is InChI=1S/C13H18INO4S/c1-2-19-13(16)12(8-9-14)15-20(17,18)10-11-6-4-3-5-7-11/h3-7,12,15H,2,8-10H2,1H3/t12-/m0/s1. The molecule has 0 radical (unpaired) electrons. The molecule has 112 valence electrons. The summed E-state index contributed by atoms with van der Waals surface area (Å²) in [5, 5.41) is 0. The quantitative estimate of drug-likeness (QED) is 0.403. The highest BCUT2D eigenvalue weighted by molar-refractivity contribution is 14.1. The fraction of sp³-hybridized carbons (Fsp3) is 0.462. The van der Waals surface area contributed by atoms with E-state index in [-0.39, 0.29) is 12.4 Å². The molecular formula is C13H18INO4S. The molecule has 0 fully saturated rings. The molecule has 7 heteroatoms. The largest absolute Gasteiger partial charge is 0.465 e. The van der Waals surface area contributed by atoms with E-state index < -0.39 is 22.0 Å². The normalized spacial score (nSPS) is 12.9. The van der Waals surface area contributed by atoms with Crippen molar-refractivity contribution in [2.24, 2.45) is 0 Å². The lowest BCUT2D eigenvalue weighted by molar-refractivity contribution is -0.145. The molecule has 5 nitrogen and oxygen atoms in total. The van der Waals surface area contributed by atoms with E-state index in [1.54, 1.807) is 31.2 Å². The molecule has 0 saturated heterocycles. The lowest BCUT2D eigenvalue weighted by Crippen LogP contribution is -2.42. The number of sulfonamides is 1. The van der Waals surface area contributed by atoms with Crippen molar-refractivity contribution in [1.82, 2.24) is 4.72 Å². The Labute approximate surface area is 133 Å². The van der Waals surface area contributed by atoms with Crippen molar-refractivity contribution < 1.29 is 17.9 Å². The summed E-state index contributed by atoms with van der Waals surface area (Å²) in [6.45, 7) is 1.93. The second-order valence-electron chi connectivity index (χ2n) is 4.14. The number of halogens is 1. The molecule has 0 bridgehead atoms. The fourth-order valence-electron chi connectivity index (χ4n) is 1.63. The first kappa shape index (κ1) is 17.4. The van der Waals surface area contributed by atoms with Crippen LogP contribution in [0.4, 0.5) is 0 Å². The first-order valence-corrected chi connectivity index (χ1v) is 9.43. The molecule has 1 atom stereocenters. The van der Waals surface area contributed by atoms with Gasteiger partial charge in [0.25, 0.3) is 0 Å². The summed E-state index contributed by atoms with van der Waals surface area (Å²) in [6, 6.07) is 8.02. The van der Waals surface area contributed by atoms with Gasteiger partial charge < -0.3 is 4.74 Å². The molecule has 0 aromatic heterocycles. The number of ether oxygens (including phenoxy) is 1. The molecule has 0 saturated carbocycles. The fourth-order valence-corrected chi connectivity index (χ4v) is 3.61. The van der Waals surface area contributed by atoms with E-state index in [4.69, 9.17) is 4.74 Å². The monoisotopic (exact) mass is 411 g/mol. The lowest BCUT2D eigenvalue weighted by Gasteiger charge is -2.16. The Morgan fingerprint density at radius 2 is 2.00 bits per heavy atom. The van der Waals surface area contributed by atoms with Crippen LogP contribution in [0.5, 0.6) is 0 Å². The highest BCUT2D eigenvalue weighted by atomic mass is 127. The molecule has 0 aliphatic carbocycles. The van der Waals surface area contributed by atoms with E-state index in [1.165, 1.54) is 0 Å². The van der Waals surface area contributed by atoms with Gasteiger partial charge >= 0.3 is 5.97 Å². The highest BCUT2D eigenvalue weighted by Crippen LogP contribution is 2.07. The van der Waals surface area contributed by atoms with Gasteiger partial charge in [0, 0.05) is 4.43 Å². The molecule has 1 aromatic rings. The second-order valence-corrected chi connectivity index (χ2v) is 6.98. The van der Waals surface area contributed by atoms with Crippen LogP contribution in [-0.2, 0) is 25.3 Å². The number of carbonyl (C=O) groups excluding carboxylic acids is 1. The Morgan fingerprint density at radius 1 is 1.35 bits per heavy atom. The van der Waals surface area contributed by atoms with Crippen LogP contribution in [0.2, 0.25) is 0 Å². The van der Waals surface area contributed by atoms with Gasteiger partial charge in [-0.15, -0.1) is 0 Å². The van der Waals surface area contributed by atoms with Crippen molar-refractivity contribution in [3.8, 4) is 0 Å². The van der Waals surface area contributed by atoms with Gasteiger partial charge in [0.1, 0.15) is 6.04 Å². The van der Waals surface area contributed by atoms with Gasteiger partial charge in [-0.1, -0.05) is 52.9 Å². The maximum absolute atomic E-state index is 12.1. The number of hydrogen-bond acceptors (Lipinski definition) is 4. The Bertz CT molecular complexity index is 518. The van der Waals surface area contributed by atoms with Crippen LogP contribution in [0.25, 0.3) is 0 Å². The van der Waals surface area contributed by atoms with E-state index in [2.05, 4.69) is 27.3 Å². The summed E-state index contributed by atoms with van der Waals surface area (Å²) in [5.74, 6) is -0.675. The van der Waals surface area contributed by atoms with Crippen LogP contribution in [0.15, 0.2) is 30.3 Å². The van der Waals surface area contributed by atoms with E-state index in [1.807, 2.05) is 6.07 Å². The third-order valence-electron chi connectivity index (χ3n) is 2.49. The zero-order chi connectivity index (χ0) is 15.0. The molecule has 0 spiro atoms. The predicted octanol–water partition coefficient (Wildman–Crippen LogP) is 1.86.